The number of hydrogen-bond donors (Lipinski definition) is 0. The first-order valence-corrected chi connectivity index (χ1v) is 7.20. The Labute approximate surface area is 132 Å². The predicted molar refractivity (Wildman–Crippen MR) is 83.2 cm³/mol. The second-order valence-electron chi connectivity index (χ2n) is 5.15. The molecule has 1 amide bonds. The van der Waals surface area contributed by atoms with E-state index in [1.54, 1.807) is 35.5 Å². The summed E-state index contributed by atoms with van der Waals surface area (Å²) in [5.74, 6) is 0.651. The number of nitrogens with zero attached hydrogens (tertiary/aromatic N) is 5. The highest BCUT2D eigenvalue weighted by Crippen LogP contribution is 2.18. The summed E-state index contributed by atoms with van der Waals surface area (Å²) in [6.07, 6.45) is 4.45. The van der Waals surface area contributed by atoms with Crippen molar-refractivity contribution in [1.82, 2.24) is 14.9 Å². The number of amides is 1. The number of hydrogen-bond acceptors (Lipinski definition) is 6. The van der Waals surface area contributed by atoms with E-state index in [0.717, 1.165) is 0 Å². The Morgan fingerprint density at radius 1 is 1.13 bits per heavy atom. The highest BCUT2D eigenvalue weighted by atomic mass is 16.6. The quantitative estimate of drug-likeness (QED) is 0.627. The molecule has 0 unspecified atom stereocenters. The topological polar surface area (TPSA) is 92.5 Å². The van der Waals surface area contributed by atoms with Crippen molar-refractivity contribution in [2.24, 2.45) is 0 Å². The lowest BCUT2D eigenvalue weighted by Gasteiger charge is -2.35. The van der Waals surface area contributed by atoms with Gasteiger partial charge < -0.3 is 9.80 Å². The molecular formula is C15H15N5O3. The Hall–Kier alpha value is -3.03. The molecule has 8 heteroatoms. The van der Waals surface area contributed by atoms with Crippen molar-refractivity contribution in [3.63, 3.8) is 0 Å². The van der Waals surface area contributed by atoms with Crippen LogP contribution < -0.4 is 4.90 Å². The van der Waals surface area contributed by atoms with Crippen LogP contribution in [0.15, 0.2) is 42.9 Å². The first kappa shape index (κ1) is 14.9. The molecule has 0 saturated carbocycles. The number of carbonyl (C=O) groups excluding carboxylic acids is 1. The Morgan fingerprint density at radius 3 is 2.48 bits per heavy atom. The minimum absolute atomic E-state index is 0.0286. The SMILES string of the molecule is O=C(c1cccnc1)N1CCN(c2ccc([N+](=O)[O-])cn2)CC1. The number of piperazine rings is 1. The molecule has 1 saturated heterocycles. The Morgan fingerprint density at radius 2 is 1.91 bits per heavy atom. The predicted octanol–water partition coefficient (Wildman–Crippen LogP) is 1.35. The third-order valence-corrected chi connectivity index (χ3v) is 3.74. The average molecular weight is 313 g/mol. The van der Waals surface area contributed by atoms with Gasteiger partial charge in [-0.1, -0.05) is 0 Å². The fourth-order valence-corrected chi connectivity index (χ4v) is 2.48. The van der Waals surface area contributed by atoms with Crippen LogP contribution in [0, 0.1) is 10.1 Å². The van der Waals surface area contributed by atoms with Crippen LogP contribution in [0.2, 0.25) is 0 Å². The number of nitro groups is 1. The average Bonchev–Trinajstić information content (AvgIpc) is 2.62. The van der Waals surface area contributed by atoms with Gasteiger partial charge in [0.05, 0.1) is 10.5 Å². The van der Waals surface area contributed by atoms with Gasteiger partial charge in [0.1, 0.15) is 12.0 Å². The Kier molecular flexibility index (Phi) is 4.13. The van der Waals surface area contributed by atoms with Crippen molar-refractivity contribution in [3.05, 3.63) is 58.5 Å². The standard InChI is InChI=1S/C15H15N5O3/c21-15(12-2-1-5-16-10-12)19-8-6-18(7-9-19)14-4-3-13(11-17-14)20(22)23/h1-5,10-11H,6-9H2. The molecule has 1 fully saturated rings. The summed E-state index contributed by atoms with van der Waals surface area (Å²) in [6, 6.07) is 6.57. The van der Waals surface area contributed by atoms with Crippen LogP contribution in [-0.4, -0.2) is 51.9 Å². The van der Waals surface area contributed by atoms with E-state index in [1.165, 1.54) is 12.3 Å². The maximum atomic E-state index is 12.3. The van der Waals surface area contributed by atoms with E-state index in [0.29, 0.717) is 37.6 Å². The zero-order valence-electron chi connectivity index (χ0n) is 12.3. The van der Waals surface area contributed by atoms with Gasteiger partial charge in [0.25, 0.3) is 11.6 Å². The van der Waals surface area contributed by atoms with Crippen molar-refractivity contribution >= 4 is 17.4 Å². The largest absolute Gasteiger partial charge is 0.353 e. The zero-order chi connectivity index (χ0) is 16.2. The number of carbonyl (C=O) groups is 1. The van der Waals surface area contributed by atoms with Crippen molar-refractivity contribution in [3.8, 4) is 0 Å². The smallest absolute Gasteiger partial charge is 0.287 e. The van der Waals surface area contributed by atoms with E-state index < -0.39 is 4.92 Å². The van der Waals surface area contributed by atoms with Crippen molar-refractivity contribution in [1.29, 1.82) is 0 Å². The molecule has 118 valence electrons. The summed E-state index contributed by atoms with van der Waals surface area (Å²) in [4.78, 5) is 34.4. The van der Waals surface area contributed by atoms with Crippen LogP contribution >= 0.6 is 0 Å². The van der Waals surface area contributed by atoms with E-state index in [-0.39, 0.29) is 11.6 Å². The molecule has 3 heterocycles. The normalized spacial score (nSPS) is 14.6. The first-order chi connectivity index (χ1) is 11.1. The number of aromatic nitrogens is 2. The van der Waals surface area contributed by atoms with Crippen LogP contribution in [0.3, 0.4) is 0 Å². The summed E-state index contributed by atoms with van der Waals surface area (Å²) < 4.78 is 0. The number of rotatable bonds is 3. The van der Waals surface area contributed by atoms with E-state index in [9.17, 15) is 14.9 Å². The van der Waals surface area contributed by atoms with Crippen LogP contribution in [0.1, 0.15) is 10.4 Å². The number of pyridine rings is 2. The summed E-state index contributed by atoms with van der Waals surface area (Å²) in [6.45, 7) is 2.42. The van der Waals surface area contributed by atoms with E-state index in [1.807, 2.05) is 4.90 Å². The second-order valence-corrected chi connectivity index (χ2v) is 5.15. The molecule has 1 aliphatic heterocycles. The van der Waals surface area contributed by atoms with Gasteiger partial charge in [-0.05, 0) is 18.2 Å². The third kappa shape index (κ3) is 3.25. The molecule has 23 heavy (non-hydrogen) atoms. The molecular weight excluding hydrogens is 298 g/mol. The molecule has 0 bridgehead atoms. The van der Waals surface area contributed by atoms with E-state index in [4.69, 9.17) is 0 Å². The molecule has 8 nitrogen and oxygen atoms in total. The van der Waals surface area contributed by atoms with Crippen LogP contribution in [0.5, 0.6) is 0 Å². The monoisotopic (exact) mass is 313 g/mol. The molecule has 0 aliphatic carbocycles. The minimum atomic E-state index is -0.471. The maximum Gasteiger partial charge on any atom is 0.287 e. The molecule has 3 rings (SSSR count). The van der Waals surface area contributed by atoms with Gasteiger partial charge in [0, 0.05) is 44.6 Å². The highest BCUT2D eigenvalue weighted by molar-refractivity contribution is 5.94. The van der Waals surface area contributed by atoms with Crippen molar-refractivity contribution in [2.45, 2.75) is 0 Å². The van der Waals surface area contributed by atoms with Gasteiger partial charge in [-0.25, -0.2) is 4.98 Å². The summed E-state index contributed by atoms with van der Waals surface area (Å²) >= 11 is 0. The van der Waals surface area contributed by atoms with Gasteiger partial charge >= 0.3 is 0 Å². The lowest BCUT2D eigenvalue weighted by molar-refractivity contribution is -0.385. The molecule has 0 atom stereocenters. The maximum absolute atomic E-state index is 12.3. The second kappa shape index (κ2) is 6.39. The molecule has 0 N–H and O–H groups in total. The molecule has 0 radical (unpaired) electrons. The van der Waals surface area contributed by atoms with Gasteiger partial charge in [0.2, 0.25) is 0 Å². The summed E-state index contributed by atoms with van der Waals surface area (Å²) in [5, 5.41) is 10.6. The van der Waals surface area contributed by atoms with E-state index >= 15 is 0 Å². The Balaban J connectivity index is 1.62. The lowest BCUT2D eigenvalue weighted by atomic mass is 10.2. The fraction of sp³-hybridized carbons (Fsp3) is 0.267. The van der Waals surface area contributed by atoms with Gasteiger partial charge in [-0.3, -0.25) is 19.9 Å². The molecule has 0 aromatic carbocycles. The van der Waals surface area contributed by atoms with Gasteiger partial charge in [-0.15, -0.1) is 0 Å². The fourth-order valence-electron chi connectivity index (χ4n) is 2.48. The zero-order valence-corrected chi connectivity index (χ0v) is 12.3. The van der Waals surface area contributed by atoms with Gasteiger partial charge in [0.15, 0.2) is 0 Å². The van der Waals surface area contributed by atoms with Crippen molar-refractivity contribution in [2.75, 3.05) is 31.1 Å². The Bertz CT molecular complexity index is 697. The molecule has 1 aliphatic rings. The van der Waals surface area contributed by atoms with Crippen molar-refractivity contribution < 1.29 is 9.72 Å². The minimum Gasteiger partial charge on any atom is -0.353 e. The number of anilines is 1. The van der Waals surface area contributed by atoms with Crippen LogP contribution in [-0.2, 0) is 0 Å². The molecule has 2 aromatic heterocycles. The lowest BCUT2D eigenvalue weighted by Crippen LogP contribution is -2.49. The van der Waals surface area contributed by atoms with Crippen LogP contribution in [0.4, 0.5) is 11.5 Å². The molecule has 0 spiro atoms. The van der Waals surface area contributed by atoms with Gasteiger partial charge in [-0.2, -0.15) is 0 Å². The highest BCUT2D eigenvalue weighted by Gasteiger charge is 2.23. The van der Waals surface area contributed by atoms with E-state index in [2.05, 4.69) is 9.97 Å². The molecule has 2 aromatic rings. The summed E-state index contributed by atoms with van der Waals surface area (Å²) in [5.41, 5.74) is 0.550. The summed E-state index contributed by atoms with van der Waals surface area (Å²) in [7, 11) is 0. The first-order valence-electron chi connectivity index (χ1n) is 7.20. The van der Waals surface area contributed by atoms with Crippen LogP contribution in [0.25, 0.3) is 0 Å². The third-order valence-electron chi connectivity index (χ3n) is 3.74.